The summed E-state index contributed by atoms with van der Waals surface area (Å²) in [7, 11) is 4.72. The molecule has 2 aromatic carbocycles. The van der Waals surface area contributed by atoms with Crippen LogP contribution in [-0.2, 0) is 12.8 Å². The molecule has 8 heteroatoms. The average Bonchev–Trinajstić information content (AvgIpc) is 3.19. The molecule has 0 fully saturated rings. The Bertz CT molecular complexity index is 919. The maximum Gasteiger partial charge on any atom is 0.257 e. The molecule has 0 saturated carbocycles. The van der Waals surface area contributed by atoms with E-state index in [1.54, 1.807) is 25.3 Å². The number of carbonyl (C=O) groups excluding carboxylic acids is 1. The number of carbonyl (C=O) groups is 1. The topological polar surface area (TPSA) is 82.6 Å². The Morgan fingerprint density at radius 3 is 2.14 bits per heavy atom. The zero-order chi connectivity index (χ0) is 19.9. The lowest BCUT2D eigenvalue weighted by Crippen LogP contribution is -2.12. The van der Waals surface area contributed by atoms with E-state index in [1.807, 2.05) is 24.3 Å². The number of hydrogen-bond acceptors (Lipinski definition) is 7. The van der Waals surface area contributed by atoms with Gasteiger partial charge in [-0.15, -0.1) is 10.2 Å². The Balaban J connectivity index is 1.61. The molecule has 0 aliphatic heterocycles. The van der Waals surface area contributed by atoms with Crippen LogP contribution in [-0.4, -0.2) is 37.4 Å². The average molecular weight is 399 g/mol. The third-order valence-electron chi connectivity index (χ3n) is 4.09. The van der Waals surface area contributed by atoms with Gasteiger partial charge in [0, 0.05) is 18.1 Å². The largest absolute Gasteiger partial charge is 0.497 e. The second-order valence-corrected chi connectivity index (χ2v) is 6.97. The van der Waals surface area contributed by atoms with Gasteiger partial charge in [0.25, 0.3) is 5.91 Å². The molecular formula is C20H21N3O4S. The van der Waals surface area contributed by atoms with Gasteiger partial charge in [-0.25, -0.2) is 0 Å². The van der Waals surface area contributed by atoms with Crippen LogP contribution in [0, 0.1) is 0 Å². The van der Waals surface area contributed by atoms with Gasteiger partial charge in [-0.1, -0.05) is 23.5 Å². The number of aryl methyl sites for hydroxylation is 2. The van der Waals surface area contributed by atoms with E-state index in [0.29, 0.717) is 22.2 Å². The van der Waals surface area contributed by atoms with Crippen LogP contribution in [0.5, 0.6) is 17.2 Å². The van der Waals surface area contributed by atoms with E-state index in [1.165, 1.54) is 31.1 Å². The van der Waals surface area contributed by atoms with Crippen molar-refractivity contribution < 1.29 is 19.0 Å². The van der Waals surface area contributed by atoms with Crippen molar-refractivity contribution in [1.82, 2.24) is 10.2 Å². The summed E-state index contributed by atoms with van der Waals surface area (Å²) in [5.74, 6) is 1.62. The number of methoxy groups -OCH3 is 3. The molecule has 3 aromatic rings. The summed E-state index contributed by atoms with van der Waals surface area (Å²) in [5, 5.41) is 12.3. The molecule has 0 aliphatic rings. The van der Waals surface area contributed by atoms with Gasteiger partial charge in [-0.05, 0) is 36.2 Å². The Labute approximate surface area is 167 Å². The minimum Gasteiger partial charge on any atom is -0.497 e. The third-order valence-corrected chi connectivity index (χ3v) is 4.99. The molecule has 0 radical (unpaired) electrons. The van der Waals surface area contributed by atoms with Gasteiger partial charge in [0.05, 0.1) is 21.3 Å². The number of nitrogens with one attached hydrogen (secondary N) is 1. The third kappa shape index (κ3) is 4.98. The standard InChI is InChI=1S/C20H21N3O4S/c1-25-15-7-4-13(5-8-15)6-9-18-22-23-20(28-18)21-19(24)14-10-16(26-2)12-17(11-14)27-3/h4-5,7-8,10-12H,6,9H2,1-3H3,(H,21,23,24). The minimum atomic E-state index is -0.296. The first-order valence-electron chi connectivity index (χ1n) is 8.61. The van der Waals surface area contributed by atoms with Gasteiger partial charge in [-0.3, -0.25) is 10.1 Å². The van der Waals surface area contributed by atoms with Crippen molar-refractivity contribution in [3.8, 4) is 17.2 Å². The molecule has 0 atom stereocenters. The van der Waals surface area contributed by atoms with Crippen molar-refractivity contribution in [2.45, 2.75) is 12.8 Å². The summed E-state index contributed by atoms with van der Waals surface area (Å²) in [5.41, 5.74) is 1.61. The smallest absolute Gasteiger partial charge is 0.257 e. The molecule has 1 N–H and O–H groups in total. The summed E-state index contributed by atoms with van der Waals surface area (Å²) >= 11 is 1.36. The van der Waals surface area contributed by atoms with E-state index < -0.39 is 0 Å². The van der Waals surface area contributed by atoms with Crippen LogP contribution >= 0.6 is 11.3 Å². The van der Waals surface area contributed by atoms with Crippen LogP contribution in [0.25, 0.3) is 0 Å². The fraction of sp³-hybridized carbons (Fsp3) is 0.250. The molecule has 0 unspecified atom stereocenters. The van der Waals surface area contributed by atoms with Crippen molar-refractivity contribution in [2.75, 3.05) is 26.6 Å². The SMILES string of the molecule is COc1ccc(CCc2nnc(NC(=O)c3cc(OC)cc(OC)c3)s2)cc1. The number of rotatable bonds is 8. The number of aromatic nitrogens is 2. The van der Waals surface area contributed by atoms with Gasteiger partial charge in [0.15, 0.2) is 0 Å². The highest BCUT2D eigenvalue weighted by Crippen LogP contribution is 2.24. The molecule has 7 nitrogen and oxygen atoms in total. The first-order chi connectivity index (χ1) is 13.6. The number of amides is 1. The lowest BCUT2D eigenvalue weighted by atomic mass is 10.1. The highest BCUT2D eigenvalue weighted by molar-refractivity contribution is 7.15. The quantitative estimate of drug-likeness (QED) is 0.623. The summed E-state index contributed by atoms with van der Waals surface area (Å²) < 4.78 is 15.6. The zero-order valence-electron chi connectivity index (χ0n) is 15.9. The van der Waals surface area contributed by atoms with Gasteiger partial charge in [0.1, 0.15) is 22.3 Å². The summed E-state index contributed by atoms with van der Waals surface area (Å²) in [6, 6.07) is 12.9. The Morgan fingerprint density at radius 1 is 0.893 bits per heavy atom. The lowest BCUT2D eigenvalue weighted by molar-refractivity contribution is 0.102. The predicted octanol–water partition coefficient (Wildman–Crippen LogP) is 3.60. The second kappa shape index (κ2) is 9.18. The molecule has 146 valence electrons. The van der Waals surface area contributed by atoms with E-state index in [0.717, 1.165) is 23.6 Å². The number of hydrogen-bond donors (Lipinski definition) is 1. The maximum absolute atomic E-state index is 12.5. The van der Waals surface area contributed by atoms with Crippen LogP contribution in [0.4, 0.5) is 5.13 Å². The van der Waals surface area contributed by atoms with Crippen LogP contribution in [0.1, 0.15) is 20.9 Å². The summed E-state index contributed by atoms with van der Waals surface area (Å²) in [4.78, 5) is 12.5. The highest BCUT2D eigenvalue weighted by Gasteiger charge is 2.13. The Morgan fingerprint density at radius 2 is 1.54 bits per heavy atom. The predicted molar refractivity (Wildman–Crippen MR) is 108 cm³/mol. The fourth-order valence-corrected chi connectivity index (χ4v) is 3.29. The molecule has 0 aliphatic carbocycles. The number of anilines is 1. The van der Waals surface area contributed by atoms with Crippen LogP contribution in [0.15, 0.2) is 42.5 Å². The normalized spacial score (nSPS) is 10.4. The van der Waals surface area contributed by atoms with Gasteiger partial charge in [0.2, 0.25) is 5.13 Å². The molecule has 0 spiro atoms. The van der Waals surface area contributed by atoms with Crippen molar-refractivity contribution in [2.24, 2.45) is 0 Å². The van der Waals surface area contributed by atoms with E-state index in [9.17, 15) is 4.79 Å². The Hall–Kier alpha value is -3.13. The minimum absolute atomic E-state index is 0.296. The monoisotopic (exact) mass is 399 g/mol. The summed E-state index contributed by atoms with van der Waals surface area (Å²) in [6.07, 6.45) is 1.58. The zero-order valence-corrected chi connectivity index (χ0v) is 16.7. The number of ether oxygens (including phenoxy) is 3. The second-order valence-electron chi connectivity index (χ2n) is 5.90. The molecule has 1 heterocycles. The molecule has 0 saturated heterocycles. The molecule has 1 amide bonds. The van der Waals surface area contributed by atoms with E-state index in [4.69, 9.17) is 14.2 Å². The van der Waals surface area contributed by atoms with E-state index in [-0.39, 0.29) is 5.91 Å². The van der Waals surface area contributed by atoms with Gasteiger partial charge in [-0.2, -0.15) is 0 Å². The maximum atomic E-state index is 12.5. The molecule has 1 aromatic heterocycles. The fourth-order valence-electron chi connectivity index (χ4n) is 2.56. The highest BCUT2D eigenvalue weighted by atomic mass is 32.1. The molecule has 28 heavy (non-hydrogen) atoms. The van der Waals surface area contributed by atoms with Crippen LogP contribution in [0.2, 0.25) is 0 Å². The Kier molecular flexibility index (Phi) is 6.44. The first kappa shape index (κ1) is 19.6. The summed E-state index contributed by atoms with van der Waals surface area (Å²) in [6.45, 7) is 0. The van der Waals surface area contributed by atoms with Crippen molar-refractivity contribution in [3.63, 3.8) is 0 Å². The first-order valence-corrected chi connectivity index (χ1v) is 9.42. The van der Waals surface area contributed by atoms with Gasteiger partial charge >= 0.3 is 0 Å². The molecular weight excluding hydrogens is 378 g/mol. The lowest BCUT2D eigenvalue weighted by Gasteiger charge is -2.07. The van der Waals surface area contributed by atoms with Gasteiger partial charge < -0.3 is 14.2 Å². The van der Waals surface area contributed by atoms with Crippen LogP contribution < -0.4 is 19.5 Å². The molecule has 0 bridgehead atoms. The van der Waals surface area contributed by atoms with Crippen molar-refractivity contribution >= 4 is 22.4 Å². The molecule has 3 rings (SSSR count). The number of nitrogens with zero attached hydrogens (tertiary/aromatic N) is 2. The van der Waals surface area contributed by atoms with E-state index >= 15 is 0 Å². The van der Waals surface area contributed by atoms with E-state index in [2.05, 4.69) is 15.5 Å². The van der Waals surface area contributed by atoms with Crippen molar-refractivity contribution in [1.29, 1.82) is 0 Å². The van der Waals surface area contributed by atoms with Crippen LogP contribution in [0.3, 0.4) is 0 Å². The van der Waals surface area contributed by atoms with Crippen molar-refractivity contribution in [3.05, 3.63) is 58.6 Å². The number of benzene rings is 2.